The maximum atomic E-state index is 13.8. The van der Waals surface area contributed by atoms with Crippen molar-refractivity contribution in [2.45, 2.75) is 23.1 Å². The molecular formula is C26H28BrN3O6S2. The van der Waals surface area contributed by atoms with Gasteiger partial charge in [-0.1, -0.05) is 17.7 Å². The van der Waals surface area contributed by atoms with Crippen LogP contribution in [0.5, 0.6) is 5.75 Å². The highest BCUT2D eigenvalue weighted by atomic mass is 79.9. The van der Waals surface area contributed by atoms with Gasteiger partial charge in [-0.05, 0) is 83.4 Å². The second-order valence-electron chi connectivity index (χ2n) is 9.02. The van der Waals surface area contributed by atoms with Crippen LogP contribution in [0.25, 0.3) is 0 Å². The predicted octanol–water partition coefficient (Wildman–Crippen LogP) is 3.80. The van der Waals surface area contributed by atoms with E-state index in [1.165, 1.54) is 44.3 Å². The van der Waals surface area contributed by atoms with Crippen molar-refractivity contribution in [2.75, 3.05) is 43.5 Å². The molecule has 0 atom stereocenters. The summed E-state index contributed by atoms with van der Waals surface area (Å²) >= 11 is 3.34. The number of hydrogen-bond acceptors (Lipinski definition) is 6. The largest absolute Gasteiger partial charge is 0.496 e. The van der Waals surface area contributed by atoms with Crippen molar-refractivity contribution in [3.8, 4) is 5.75 Å². The number of anilines is 2. The molecule has 9 nitrogen and oxygen atoms in total. The summed E-state index contributed by atoms with van der Waals surface area (Å²) in [5.74, 6) is 0.0509. The lowest BCUT2D eigenvalue weighted by atomic mass is 10.2. The van der Waals surface area contributed by atoms with Gasteiger partial charge in [-0.15, -0.1) is 0 Å². The van der Waals surface area contributed by atoms with Crippen LogP contribution in [0.15, 0.2) is 74.9 Å². The Bertz CT molecular complexity index is 1590. The Kier molecular flexibility index (Phi) is 7.89. The number of fused-ring (bicyclic) bond motifs is 1. The number of ether oxygens (including phenoxy) is 1. The van der Waals surface area contributed by atoms with E-state index in [2.05, 4.69) is 15.9 Å². The van der Waals surface area contributed by atoms with Crippen LogP contribution in [0.3, 0.4) is 0 Å². The van der Waals surface area contributed by atoms with Crippen molar-refractivity contribution in [1.82, 2.24) is 4.31 Å². The van der Waals surface area contributed by atoms with Crippen molar-refractivity contribution < 1.29 is 26.4 Å². The van der Waals surface area contributed by atoms with Crippen molar-refractivity contribution in [3.63, 3.8) is 0 Å². The SMILES string of the molecule is COc1ccc(S(=O)(=O)N(CC(=O)N2CCc3cc(S(=O)(=O)N(C)C)ccc32)c2ccc(C)cc2)cc1Br. The number of methoxy groups -OCH3 is 1. The minimum Gasteiger partial charge on any atom is -0.496 e. The fraction of sp³-hybridized carbons (Fsp3) is 0.269. The Labute approximate surface area is 231 Å². The molecule has 0 saturated heterocycles. The molecule has 3 aromatic carbocycles. The first-order valence-corrected chi connectivity index (χ1v) is 15.3. The number of nitrogens with zero attached hydrogens (tertiary/aromatic N) is 3. The molecule has 12 heteroatoms. The third-order valence-electron chi connectivity index (χ3n) is 6.34. The quantitative estimate of drug-likeness (QED) is 0.379. The van der Waals surface area contributed by atoms with Crippen LogP contribution in [0, 0.1) is 6.92 Å². The van der Waals surface area contributed by atoms with E-state index in [0.29, 0.717) is 40.1 Å². The lowest BCUT2D eigenvalue weighted by molar-refractivity contribution is -0.117. The zero-order chi connectivity index (χ0) is 27.8. The van der Waals surface area contributed by atoms with Gasteiger partial charge in [-0.3, -0.25) is 9.10 Å². The van der Waals surface area contributed by atoms with Crippen LogP contribution in [-0.4, -0.2) is 61.3 Å². The molecule has 0 bridgehead atoms. The minimum atomic E-state index is -4.14. The van der Waals surface area contributed by atoms with Crippen molar-refractivity contribution in [1.29, 1.82) is 0 Å². The average Bonchev–Trinajstić information content (AvgIpc) is 3.31. The molecule has 0 spiro atoms. The Morgan fingerprint density at radius 3 is 2.18 bits per heavy atom. The van der Waals surface area contributed by atoms with Gasteiger partial charge in [0.1, 0.15) is 12.3 Å². The van der Waals surface area contributed by atoms with Crippen LogP contribution in [0.1, 0.15) is 11.1 Å². The summed E-state index contributed by atoms with van der Waals surface area (Å²) in [6.45, 7) is 1.77. The summed E-state index contributed by atoms with van der Waals surface area (Å²) in [6, 6.07) is 15.9. The molecule has 0 unspecified atom stereocenters. The fourth-order valence-electron chi connectivity index (χ4n) is 4.18. The van der Waals surface area contributed by atoms with Gasteiger partial charge in [0.2, 0.25) is 15.9 Å². The normalized spacial score (nSPS) is 13.5. The number of benzene rings is 3. The maximum Gasteiger partial charge on any atom is 0.264 e. The zero-order valence-corrected chi connectivity index (χ0v) is 24.6. The first kappa shape index (κ1) is 28.1. The summed E-state index contributed by atoms with van der Waals surface area (Å²) in [5, 5.41) is 0. The fourth-order valence-corrected chi connectivity index (χ4v) is 7.26. The van der Waals surface area contributed by atoms with E-state index in [9.17, 15) is 21.6 Å². The van der Waals surface area contributed by atoms with E-state index in [1.807, 2.05) is 6.92 Å². The van der Waals surface area contributed by atoms with E-state index >= 15 is 0 Å². The smallest absolute Gasteiger partial charge is 0.264 e. The third kappa shape index (κ3) is 5.31. The van der Waals surface area contributed by atoms with Crippen molar-refractivity contribution in [2.24, 2.45) is 0 Å². The molecule has 0 N–H and O–H groups in total. The molecule has 0 saturated carbocycles. The van der Waals surface area contributed by atoms with Gasteiger partial charge < -0.3 is 9.64 Å². The highest BCUT2D eigenvalue weighted by Crippen LogP contribution is 2.33. The lowest BCUT2D eigenvalue weighted by Gasteiger charge is -2.27. The standard InChI is InChI=1S/C26H28BrN3O6S2/c1-18-5-7-20(8-6-18)30(38(34,35)22-10-12-25(36-4)23(27)16-22)17-26(31)29-14-13-19-15-21(9-11-24(19)29)37(32,33)28(2)3/h5-12,15-16H,13-14,17H2,1-4H3. The molecule has 1 amide bonds. The Morgan fingerprint density at radius 1 is 0.947 bits per heavy atom. The molecule has 38 heavy (non-hydrogen) atoms. The van der Waals surface area contributed by atoms with E-state index in [-0.39, 0.29) is 9.79 Å². The first-order chi connectivity index (χ1) is 17.9. The third-order valence-corrected chi connectivity index (χ3v) is 10.5. The second-order valence-corrected chi connectivity index (χ2v) is 13.9. The van der Waals surface area contributed by atoms with Gasteiger partial charge in [0.05, 0.1) is 27.1 Å². The van der Waals surface area contributed by atoms with Gasteiger partial charge >= 0.3 is 0 Å². The van der Waals surface area contributed by atoms with Gasteiger partial charge in [0.25, 0.3) is 10.0 Å². The molecule has 1 aliphatic rings. The number of aryl methyl sites for hydroxylation is 1. The number of sulfonamides is 2. The predicted molar refractivity (Wildman–Crippen MR) is 150 cm³/mol. The van der Waals surface area contributed by atoms with E-state index < -0.39 is 32.5 Å². The minimum absolute atomic E-state index is 0.00101. The highest BCUT2D eigenvalue weighted by molar-refractivity contribution is 9.10. The lowest BCUT2D eigenvalue weighted by Crippen LogP contribution is -2.42. The molecule has 3 aromatic rings. The number of rotatable bonds is 8. The number of carbonyl (C=O) groups excluding carboxylic acids is 1. The van der Waals surface area contributed by atoms with Crippen LogP contribution < -0.4 is 13.9 Å². The van der Waals surface area contributed by atoms with E-state index in [1.54, 1.807) is 42.5 Å². The summed E-state index contributed by atoms with van der Waals surface area (Å²) < 4.78 is 60.6. The van der Waals surface area contributed by atoms with E-state index in [0.717, 1.165) is 14.2 Å². The zero-order valence-electron chi connectivity index (χ0n) is 21.4. The van der Waals surface area contributed by atoms with Gasteiger partial charge in [-0.25, -0.2) is 21.1 Å². The molecule has 0 aliphatic carbocycles. The van der Waals surface area contributed by atoms with E-state index in [4.69, 9.17) is 4.74 Å². The Balaban J connectivity index is 1.69. The van der Waals surface area contributed by atoms with Crippen LogP contribution >= 0.6 is 15.9 Å². The molecule has 0 fully saturated rings. The van der Waals surface area contributed by atoms with Crippen molar-refractivity contribution in [3.05, 3.63) is 76.3 Å². The number of hydrogen-bond donors (Lipinski definition) is 0. The van der Waals surface area contributed by atoms with Gasteiger partial charge in [-0.2, -0.15) is 0 Å². The number of amides is 1. The first-order valence-electron chi connectivity index (χ1n) is 11.6. The van der Waals surface area contributed by atoms with Gasteiger partial charge in [0.15, 0.2) is 0 Å². The number of halogens is 1. The molecule has 1 aliphatic heterocycles. The molecule has 0 aromatic heterocycles. The molecule has 1 heterocycles. The topological polar surface area (TPSA) is 104 Å². The Hall–Kier alpha value is -2.93. The van der Waals surface area contributed by atoms with Gasteiger partial charge in [0, 0.05) is 26.3 Å². The van der Waals surface area contributed by atoms with Crippen molar-refractivity contribution >= 4 is 53.3 Å². The maximum absolute atomic E-state index is 13.8. The monoisotopic (exact) mass is 621 g/mol. The average molecular weight is 623 g/mol. The second kappa shape index (κ2) is 10.7. The molecule has 4 rings (SSSR count). The molecular weight excluding hydrogens is 594 g/mol. The summed E-state index contributed by atoms with van der Waals surface area (Å²) in [5.41, 5.74) is 2.58. The van der Waals surface area contributed by atoms with Crippen LogP contribution in [0.4, 0.5) is 11.4 Å². The summed E-state index contributed by atoms with van der Waals surface area (Å²) in [6.07, 6.45) is 0.459. The van der Waals surface area contributed by atoms with Crippen LogP contribution in [-0.2, 0) is 31.3 Å². The summed E-state index contributed by atoms with van der Waals surface area (Å²) in [7, 11) is -3.36. The number of carbonyl (C=O) groups is 1. The van der Waals surface area contributed by atoms with Crippen LogP contribution in [0.2, 0.25) is 0 Å². The molecule has 202 valence electrons. The highest BCUT2D eigenvalue weighted by Gasteiger charge is 2.33. The summed E-state index contributed by atoms with van der Waals surface area (Å²) in [4.78, 5) is 15.2. The molecule has 0 radical (unpaired) electrons. The Morgan fingerprint density at radius 2 is 1.58 bits per heavy atom.